The maximum absolute atomic E-state index is 6.46. The van der Waals surface area contributed by atoms with E-state index in [1.54, 1.807) is 0 Å². The molecule has 1 heterocycles. The smallest absolute Gasteiger partial charge is 0.134 e. The average Bonchev–Trinajstić information content (AvgIpc) is 2.80. The molecule has 3 rings (SSSR count). The Hall–Kier alpha value is -1.28. The normalized spacial score (nSPS) is 29.5. The third kappa shape index (κ3) is 2.55. The topological polar surface area (TPSA) is 39.2 Å². The van der Waals surface area contributed by atoms with Crippen LogP contribution in [0.5, 0.6) is 0 Å². The first-order valence-corrected chi connectivity index (χ1v) is 7.37. The van der Waals surface area contributed by atoms with Gasteiger partial charge in [-0.1, -0.05) is 32.0 Å². The fraction of sp³-hybridized carbons (Fsp3) is 0.529. The van der Waals surface area contributed by atoms with Crippen molar-refractivity contribution in [3.05, 3.63) is 36.1 Å². The first-order valence-electron chi connectivity index (χ1n) is 7.37. The molecule has 19 heavy (non-hydrogen) atoms. The molecule has 0 spiro atoms. The molecule has 1 fully saturated rings. The van der Waals surface area contributed by atoms with Crippen LogP contribution in [-0.2, 0) is 0 Å². The van der Waals surface area contributed by atoms with Crippen LogP contribution in [0.4, 0.5) is 0 Å². The van der Waals surface area contributed by atoms with E-state index in [4.69, 9.17) is 10.2 Å². The summed E-state index contributed by atoms with van der Waals surface area (Å²) >= 11 is 0. The number of nitrogens with two attached hydrogens (primary N) is 1. The van der Waals surface area contributed by atoms with Crippen LogP contribution in [0.25, 0.3) is 11.0 Å². The molecule has 2 nitrogen and oxygen atoms in total. The van der Waals surface area contributed by atoms with Gasteiger partial charge in [-0.05, 0) is 49.1 Å². The Bertz CT molecular complexity index is 516. The molecule has 102 valence electrons. The van der Waals surface area contributed by atoms with E-state index in [0.717, 1.165) is 28.6 Å². The number of furan rings is 1. The molecular formula is C17H23NO. The minimum Gasteiger partial charge on any atom is -0.459 e. The predicted octanol–water partition coefficient (Wildman–Crippen LogP) is 4.50. The summed E-state index contributed by atoms with van der Waals surface area (Å²) in [6.45, 7) is 4.68. The second-order valence-corrected chi connectivity index (χ2v) is 6.39. The van der Waals surface area contributed by atoms with Crippen molar-refractivity contribution in [1.29, 1.82) is 0 Å². The Morgan fingerprint density at radius 1 is 1.11 bits per heavy atom. The van der Waals surface area contributed by atoms with Crippen molar-refractivity contribution in [2.45, 2.75) is 39.2 Å². The molecule has 1 aromatic carbocycles. The number of rotatable bonds is 2. The van der Waals surface area contributed by atoms with Crippen molar-refractivity contribution in [3.63, 3.8) is 0 Å². The molecule has 1 aliphatic rings. The molecule has 2 heteroatoms. The van der Waals surface area contributed by atoms with Gasteiger partial charge in [0.05, 0.1) is 6.04 Å². The van der Waals surface area contributed by atoms with Crippen LogP contribution in [-0.4, -0.2) is 0 Å². The largest absolute Gasteiger partial charge is 0.459 e. The van der Waals surface area contributed by atoms with Gasteiger partial charge in [-0.2, -0.15) is 0 Å². The molecule has 2 N–H and O–H groups in total. The van der Waals surface area contributed by atoms with E-state index in [-0.39, 0.29) is 6.04 Å². The fourth-order valence-electron chi connectivity index (χ4n) is 3.70. The number of fused-ring (bicyclic) bond motifs is 1. The molecule has 0 radical (unpaired) electrons. The Kier molecular flexibility index (Phi) is 3.36. The van der Waals surface area contributed by atoms with Crippen molar-refractivity contribution in [1.82, 2.24) is 0 Å². The fourth-order valence-corrected chi connectivity index (χ4v) is 3.70. The molecule has 2 aromatic rings. The van der Waals surface area contributed by atoms with Crippen molar-refractivity contribution in [3.8, 4) is 0 Å². The van der Waals surface area contributed by atoms with Crippen LogP contribution in [0.1, 0.15) is 44.9 Å². The zero-order chi connectivity index (χ0) is 13.4. The maximum Gasteiger partial charge on any atom is 0.134 e. The minimum atomic E-state index is 0.0394. The van der Waals surface area contributed by atoms with E-state index >= 15 is 0 Å². The Morgan fingerprint density at radius 2 is 1.79 bits per heavy atom. The van der Waals surface area contributed by atoms with Crippen molar-refractivity contribution >= 4 is 11.0 Å². The highest BCUT2D eigenvalue weighted by atomic mass is 16.3. The van der Waals surface area contributed by atoms with Crippen LogP contribution >= 0.6 is 0 Å². The van der Waals surface area contributed by atoms with E-state index in [0.29, 0.717) is 5.92 Å². The van der Waals surface area contributed by atoms with Gasteiger partial charge in [0.25, 0.3) is 0 Å². The molecule has 3 atom stereocenters. The molecule has 0 amide bonds. The van der Waals surface area contributed by atoms with Gasteiger partial charge in [0.15, 0.2) is 0 Å². The molecule has 0 saturated heterocycles. The van der Waals surface area contributed by atoms with Gasteiger partial charge >= 0.3 is 0 Å². The third-order valence-corrected chi connectivity index (χ3v) is 4.50. The standard InChI is InChI=1S/C17H23NO/c1-11-7-12(2)9-14(8-11)17(18)16-10-13-5-3-4-6-15(13)19-16/h3-6,10-12,14,17H,7-9,18H2,1-2H3. The van der Waals surface area contributed by atoms with E-state index in [1.165, 1.54) is 19.3 Å². The van der Waals surface area contributed by atoms with Gasteiger partial charge in [0.1, 0.15) is 11.3 Å². The second kappa shape index (κ2) is 5.01. The number of hydrogen-bond donors (Lipinski definition) is 1. The van der Waals surface area contributed by atoms with Crippen molar-refractivity contribution in [2.24, 2.45) is 23.5 Å². The summed E-state index contributed by atoms with van der Waals surface area (Å²) in [6.07, 6.45) is 3.79. The van der Waals surface area contributed by atoms with Gasteiger partial charge in [-0.3, -0.25) is 0 Å². The van der Waals surface area contributed by atoms with Crippen LogP contribution < -0.4 is 5.73 Å². The van der Waals surface area contributed by atoms with Gasteiger partial charge in [0, 0.05) is 5.39 Å². The lowest BCUT2D eigenvalue weighted by Gasteiger charge is -2.34. The monoisotopic (exact) mass is 257 g/mol. The highest BCUT2D eigenvalue weighted by molar-refractivity contribution is 5.77. The molecule has 3 unspecified atom stereocenters. The van der Waals surface area contributed by atoms with Crippen LogP contribution in [0.3, 0.4) is 0 Å². The van der Waals surface area contributed by atoms with E-state index < -0.39 is 0 Å². The lowest BCUT2D eigenvalue weighted by Crippen LogP contribution is -2.29. The van der Waals surface area contributed by atoms with Crippen LogP contribution in [0.15, 0.2) is 34.7 Å². The van der Waals surface area contributed by atoms with Gasteiger partial charge in [0.2, 0.25) is 0 Å². The lowest BCUT2D eigenvalue weighted by molar-refractivity contribution is 0.184. The van der Waals surface area contributed by atoms with Gasteiger partial charge in [-0.15, -0.1) is 0 Å². The number of hydrogen-bond acceptors (Lipinski definition) is 2. The molecule has 0 aliphatic heterocycles. The summed E-state index contributed by atoms with van der Waals surface area (Å²) in [6, 6.07) is 10.3. The predicted molar refractivity (Wildman–Crippen MR) is 78.8 cm³/mol. The van der Waals surface area contributed by atoms with E-state index in [2.05, 4.69) is 26.0 Å². The summed E-state index contributed by atoms with van der Waals surface area (Å²) in [5, 5.41) is 1.16. The zero-order valence-electron chi connectivity index (χ0n) is 11.8. The van der Waals surface area contributed by atoms with Crippen molar-refractivity contribution in [2.75, 3.05) is 0 Å². The average molecular weight is 257 g/mol. The molecule has 1 aliphatic carbocycles. The third-order valence-electron chi connectivity index (χ3n) is 4.50. The van der Waals surface area contributed by atoms with Gasteiger partial charge in [-0.25, -0.2) is 0 Å². The van der Waals surface area contributed by atoms with Crippen LogP contribution in [0.2, 0.25) is 0 Å². The molecule has 1 saturated carbocycles. The second-order valence-electron chi connectivity index (χ2n) is 6.39. The zero-order valence-corrected chi connectivity index (χ0v) is 11.8. The lowest BCUT2D eigenvalue weighted by atomic mass is 9.73. The highest BCUT2D eigenvalue weighted by Gasteiger charge is 2.30. The molecule has 0 bridgehead atoms. The first-order chi connectivity index (χ1) is 9.13. The number of benzene rings is 1. The van der Waals surface area contributed by atoms with Crippen molar-refractivity contribution < 1.29 is 4.42 Å². The van der Waals surface area contributed by atoms with Crippen LogP contribution in [0, 0.1) is 17.8 Å². The Balaban J connectivity index is 1.84. The highest BCUT2D eigenvalue weighted by Crippen LogP contribution is 2.39. The number of para-hydroxylation sites is 1. The minimum absolute atomic E-state index is 0.0394. The maximum atomic E-state index is 6.46. The Labute approximate surface area is 115 Å². The van der Waals surface area contributed by atoms with Gasteiger partial charge < -0.3 is 10.2 Å². The quantitative estimate of drug-likeness (QED) is 0.860. The van der Waals surface area contributed by atoms with E-state index in [1.807, 2.05) is 18.2 Å². The SMILES string of the molecule is CC1CC(C)CC(C(N)c2cc3ccccc3o2)C1. The first kappa shape index (κ1) is 12.7. The summed E-state index contributed by atoms with van der Waals surface area (Å²) in [5.41, 5.74) is 7.41. The Morgan fingerprint density at radius 3 is 2.47 bits per heavy atom. The van der Waals surface area contributed by atoms with E-state index in [9.17, 15) is 0 Å². The molecule has 1 aromatic heterocycles. The summed E-state index contributed by atoms with van der Waals surface area (Å²) in [4.78, 5) is 0. The summed E-state index contributed by atoms with van der Waals surface area (Å²) in [5.74, 6) is 3.07. The summed E-state index contributed by atoms with van der Waals surface area (Å²) in [7, 11) is 0. The summed E-state index contributed by atoms with van der Waals surface area (Å²) < 4.78 is 5.93. The molecular weight excluding hydrogens is 234 g/mol.